The van der Waals surface area contributed by atoms with E-state index in [0.717, 1.165) is 56.8 Å². The molecule has 1 aromatic heterocycles. The molecule has 2 aliphatic rings. The molecule has 9 heteroatoms. The van der Waals surface area contributed by atoms with E-state index in [0.29, 0.717) is 18.9 Å². The number of pyridine rings is 1. The molecular weight excluding hydrogens is 409 g/mol. The Hall–Kier alpha value is -0.790. The van der Waals surface area contributed by atoms with Gasteiger partial charge in [0.1, 0.15) is 5.82 Å². The standard InChI is InChI=1S/C18H29N5O.3ClH/c1-22-8-10-23(11-9-22)18-15(5-3-7-20-18)13-21-17(24)12-14-4-2-6-16(14)19;;;/h3,5,7,14,16H,2,4,6,8-13,19H2,1H3,(H,21,24);3*1H/t14-,16+;;;/m0.../s1. The first-order valence-corrected chi connectivity index (χ1v) is 9.03. The minimum absolute atomic E-state index is 0. The Kier molecular flexibility index (Phi) is 12.3. The second-order valence-corrected chi connectivity index (χ2v) is 7.11. The van der Waals surface area contributed by atoms with Crippen molar-refractivity contribution in [3.05, 3.63) is 23.9 Å². The summed E-state index contributed by atoms with van der Waals surface area (Å²) in [6.07, 6.45) is 5.65. The van der Waals surface area contributed by atoms with Gasteiger partial charge in [0.2, 0.25) is 5.91 Å². The molecule has 0 aromatic carbocycles. The molecule has 2 atom stereocenters. The number of carbonyl (C=O) groups excluding carboxylic acids is 1. The van der Waals surface area contributed by atoms with Gasteiger partial charge in [-0.1, -0.05) is 12.5 Å². The number of hydrogen-bond acceptors (Lipinski definition) is 5. The van der Waals surface area contributed by atoms with E-state index in [1.807, 2.05) is 12.3 Å². The quantitative estimate of drug-likeness (QED) is 0.734. The minimum Gasteiger partial charge on any atom is -0.354 e. The molecule has 3 rings (SSSR count). The number of nitrogens with zero attached hydrogens (tertiary/aromatic N) is 3. The summed E-state index contributed by atoms with van der Waals surface area (Å²) >= 11 is 0. The van der Waals surface area contributed by atoms with Crippen LogP contribution in [-0.2, 0) is 11.3 Å². The van der Waals surface area contributed by atoms with Crippen LogP contribution in [0.2, 0.25) is 0 Å². The van der Waals surface area contributed by atoms with Crippen LogP contribution >= 0.6 is 37.2 Å². The lowest BCUT2D eigenvalue weighted by Gasteiger charge is -2.34. The van der Waals surface area contributed by atoms with Crippen molar-refractivity contribution in [2.45, 2.75) is 38.3 Å². The van der Waals surface area contributed by atoms with E-state index >= 15 is 0 Å². The molecule has 2 heterocycles. The third-order valence-electron chi connectivity index (χ3n) is 5.31. The van der Waals surface area contributed by atoms with Crippen molar-refractivity contribution in [2.24, 2.45) is 11.7 Å². The number of piperazine rings is 1. The molecule has 0 radical (unpaired) electrons. The van der Waals surface area contributed by atoms with Crippen molar-refractivity contribution >= 4 is 48.9 Å². The first-order chi connectivity index (χ1) is 11.6. The van der Waals surface area contributed by atoms with Gasteiger partial charge in [-0.15, -0.1) is 37.2 Å². The molecule has 6 nitrogen and oxygen atoms in total. The average Bonchev–Trinajstić information content (AvgIpc) is 2.99. The minimum atomic E-state index is 0. The van der Waals surface area contributed by atoms with E-state index < -0.39 is 0 Å². The van der Waals surface area contributed by atoms with Gasteiger partial charge in [0, 0.05) is 56.9 Å². The van der Waals surface area contributed by atoms with Crippen molar-refractivity contribution in [3.63, 3.8) is 0 Å². The van der Waals surface area contributed by atoms with Crippen LogP contribution in [0, 0.1) is 5.92 Å². The number of aromatic nitrogens is 1. The van der Waals surface area contributed by atoms with Gasteiger partial charge in [-0.05, 0) is 31.9 Å². The summed E-state index contributed by atoms with van der Waals surface area (Å²) in [6.45, 7) is 4.58. The molecule has 0 unspecified atom stereocenters. The van der Waals surface area contributed by atoms with Crippen LogP contribution in [0.3, 0.4) is 0 Å². The maximum absolute atomic E-state index is 12.2. The van der Waals surface area contributed by atoms with E-state index in [-0.39, 0.29) is 49.2 Å². The number of carbonyl (C=O) groups is 1. The van der Waals surface area contributed by atoms with Crippen molar-refractivity contribution in [2.75, 3.05) is 38.1 Å². The highest BCUT2D eigenvalue weighted by Gasteiger charge is 2.26. The van der Waals surface area contributed by atoms with Crippen LogP contribution in [-0.4, -0.2) is 55.1 Å². The number of nitrogens with two attached hydrogens (primary N) is 1. The first kappa shape index (κ1) is 26.2. The summed E-state index contributed by atoms with van der Waals surface area (Å²) < 4.78 is 0. The van der Waals surface area contributed by atoms with E-state index in [1.165, 1.54) is 0 Å². The molecular formula is C18H32Cl3N5O. The Morgan fingerprint density at radius 1 is 1.22 bits per heavy atom. The second kappa shape index (κ2) is 12.6. The maximum atomic E-state index is 12.2. The second-order valence-electron chi connectivity index (χ2n) is 7.11. The van der Waals surface area contributed by atoms with Gasteiger partial charge in [-0.3, -0.25) is 4.79 Å². The molecule has 27 heavy (non-hydrogen) atoms. The third kappa shape index (κ3) is 7.27. The van der Waals surface area contributed by atoms with Crippen molar-refractivity contribution < 1.29 is 4.79 Å². The van der Waals surface area contributed by atoms with Gasteiger partial charge in [0.05, 0.1) is 0 Å². The van der Waals surface area contributed by atoms with E-state index in [4.69, 9.17) is 5.73 Å². The Morgan fingerprint density at radius 3 is 2.56 bits per heavy atom. The predicted octanol–water partition coefficient (Wildman–Crippen LogP) is 2.23. The highest BCUT2D eigenvalue weighted by atomic mass is 35.5. The summed E-state index contributed by atoms with van der Waals surface area (Å²) in [7, 11) is 2.14. The molecule has 1 saturated heterocycles. The third-order valence-corrected chi connectivity index (χ3v) is 5.31. The monoisotopic (exact) mass is 439 g/mol. The Morgan fingerprint density at radius 2 is 1.93 bits per heavy atom. The number of halogens is 3. The van der Waals surface area contributed by atoms with E-state index in [9.17, 15) is 4.79 Å². The molecule has 1 saturated carbocycles. The normalized spacial score (nSPS) is 22.2. The summed E-state index contributed by atoms with van der Waals surface area (Å²) in [5.74, 6) is 1.45. The van der Waals surface area contributed by atoms with Gasteiger partial charge in [-0.25, -0.2) is 4.98 Å². The average molecular weight is 441 g/mol. The molecule has 3 N–H and O–H groups in total. The van der Waals surface area contributed by atoms with E-state index in [1.54, 1.807) is 0 Å². The van der Waals surface area contributed by atoms with Crippen molar-refractivity contribution in [1.29, 1.82) is 0 Å². The fourth-order valence-corrected chi connectivity index (χ4v) is 3.69. The zero-order chi connectivity index (χ0) is 16.9. The maximum Gasteiger partial charge on any atom is 0.220 e. The topological polar surface area (TPSA) is 74.5 Å². The molecule has 0 bridgehead atoms. The van der Waals surface area contributed by atoms with Crippen LogP contribution in [0.1, 0.15) is 31.2 Å². The van der Waals surface area contributed by atoms with Gasteiger partial charge >= 0.3 is 0 Å². The number of nitrogens with one attached hydrogen (secondary N) is 1. The SMILES string of the molecule is CN1CCN(c2ncccc2CNC(=O)C[C@@H]2CCC[C@H]2N)CC1.Cl.Cl.Cl. The highest BCUT2D eigenvalue weighted by molar-refractivity contribution is 5.86. The molecule has 0 spiro atoms. The molecule has 1 aliphatic carbocycles. The summed E-state index contributed by atoms with van der Waals surface area (Å²) in [4.78, 5) is 21.4. The fraction of sp³-hybridized carbons (Fsp3) is 0.667. The van der Waals surface area contributed by atoms with Gasteiger partial charge in [0.15, 0.2) is 0 Å². The van der Waals surface area contributed by atoms with E-state index in [2.05, 4.69) is 33.2 Å². The molecule has 1 aliphatic heterocycles. The zero-order valence-corrected chi connectivity index (χ0v) is 18.3. The van der Waals surface area contributed by atoms with Crippen LogP contribution < -0.4 is 16.0 Å². The largest absolute Gasteiger partial charge is 0.354 e. The summed E-state index contributed by atoms with van der Waals surface area (Å²) in [6, 6.07) is 4.19. The summed E-state index contributed by atoms with van der Waals surface area (Å²) in [5.41, 5.74) is 7.16. The van der Waals surface area contributed by atoms with Gasteiger partial charge in [-0.2, -0.15) is 0 Å². The Bertz CT molecular complexity index is 570. The number of amides is 1. The Balaban J connectivity index is 0.00000225. The molecule has 1 aromatic rings. The number of rotatable bonds is 5. The number of anilines is 1. The van der Waals surface area contributed by atoms with Crippen LogP contribution in [0.25, 0.3) is 0 Å². The number of hydrogen-bond donors (Lipinski definition) is 2. The smallest absolute Gasteiger partial charge is 0.220 e. The predicted molar refractivity (Wildman–Crippen MR) is 117 cm³/mol. The lowest BCUT2D eigenvalue weighted by atomic mass is 10.00. The lowest BCUT2D eigenvalue weighted by molar-refractivity contribution is -0.122. The van der Waals surface area contributed by atoms with Crippen LogP contribution in [0.4, 0.5) is 5.82 Å². The van der Waals surface area contributed by atoms with Gasteiger partial charge in [0.25, 0.3) is 0 Å². The summed E-state index contributed by atoms with van der Waals surface area (Å²) in [5, 5.41) is 3.06. The molecule has 1 amide bonds. The number of likely N-dealkylation sites (N-methyl/N-ethyl adjacent to an activating group) is 1. The first-order valence-electron chi connectivity index (χ1n) is 9.03. The lowest BCUT2D eigenvalue weighted by Crippen LogP contribution is -2.45. The fourth-order valence-electron chi connectivity index (χ4n) is 3.69. The molecule has 156 valence electrons. The van der Waals surface area contributed by atoms with Crippen molar-refractivity contribution in [1.82, 2.24) is 15.2 Å². The zero-order valence-electron chi connectivity index (χ0n) is 15.8. The van der Waals surface area contributed by atoms with Crippen molar-refractivity contribution in [3.8, 4) is 0 Å². The Labute approximate surface area is 180 Å². The molecule has 2 fully saturated rings. The van der Waals surface area contributed by atoms with Crippen LogP contribution in [0.5, 0.6) is 0 Å². The highest BCUT2D eigenvalue weighted by Crippen LogP contribution is 2.26. The van der Waals surface area contributed by atoms with Crippen LogP contribution in [0.15, 0.2) is 18.3 Å². The van der Waals surface area contributed by atoms with Gasteiger partial charge < -0.3 is 20.9 Å².